The summed E-state index contributed by atoms with van der Waals surface area (Å²) >= 11 is 0. The van der Waals surface area contributed by atoms with Crippen LogP contribution in [0, 0.1) is 6.92 Å². The van der Waals surface area contributed by atoms with Crippen molar-refractivity contribution in [2.45, 2.75) is 32.2 Å². The zero-order chi connectivity index (χ0) is 16.8. The lowest BCUT2D eigenvalue weighted by Crippen LogP contribution is -2.48. The van der Waals surface area contributed by atoms with Gasteiger partial charge in [-0.25, -0.2) is 0 Å². The second-order valence-corrected chi connectivity index (χ2v) is 6.54. The highest BCUT2D eigenvalue weighted by molar-refractivity contribution is 5.94. The Labute approximate surface area is 143 Å². The maximum Gasteiger partial charge on any atom is 0.253 e. The van der Waals surface area contributed by atoms with Gasteiger partial charge in [0.05, 0.1) is 5.56 Å². The predicted octanol–water partition coefficient (Wildman–Crippen LogP) is 2.83. The Morgan fingerprint density at radius 1 is 1.25 bits per heavy atom. The maximum atomic E-state index is 12.3. The van der Waals surface area contributed by atoms with Crippen molar-refractivity contribution in [3.63, 3.8) is 0 Å². The lowest BCUT2D eigenvalue weighted by atomic mass is 10.0. The van der Waals surface area contributed by atoms with E-state index in [4.69, 9.17) is 0 Å². The van der Waals surface area contributed by atoms with Gasteiger partial charge in [0.1, 0.15) is 0 Å². The Balaban J connectivity index is 1.50. The van der Waals surface area contributed by atoms with Crippen LogP contribution in [0.4, 0.5) is 0 Å². The highest BCUT2D eigenvalue weighted by Crippen LogP contribution is 2.12. The van der Waals surface area contributed by atoms with Gasteiger partial charge in [-0.2, -0.15) is 0 Å². The van der Waals surface area contributed by atoms with Gasteiger partial charge in [0.15, 0.2) is 0 Å². The maximum absolute atomic E-state index is 12.3. The molecule has 1 fully saturated rings. The van der Waals surface area contributed by atoms with Crippen LogP contribution in [0.25, 0.3) is 0 Å². The molecule has 2 heterocycles. The molecular formula is C20H25N3O. The second-order valence-electron chi connectivity index (χ2n) is 6.54. The van der Waals surface area contributed by atoms with Crippen molar-refractivity contribution in [3.8, 4) is 0 Å². The molecule has 2 aromatic rings. The van der Waals surface area contributed by atoms with Crippen LogP contribution in [0.5, 0.6) is 0 Å². The summed E-state index contributed by atoms with van der Waals surface area (Å²) in [5, 5.41) is 3.16. The summed E-state index contributed by atoms with van der Waals surface area (Å²) in [5.74, 6) is -0.0163. The van der Waals surface area contributed by atoms with E-state index >= 15 is 0 Å². The molecule has 1 N–H and O–H groups in total. The van der Waals surface area contributed by atoms with Crippen molar-refractivity contribution in [2.24, 2.45) is 0 Å². The summed E-state index contributed by atoms with van der Waals surface area (Å²) in [6.45, 7) is 5.01. The number of nitrogens with zero attached hydrogens (tertiary/aromatic N) is 2. The van der Waals surface area contributed by atoms with Crippen LogP contribution in [0.2, 0.25) is 0 Å². The molecule has 0 unspecified atom stereocenters. The largest absolute Gasteiger partial charge is 0.348 e. The van der Waals surface area contributed by atoms with E-state index in [1.807, 2.05) is 19.1 Å². The first-order chi connectivity index (χ1) is 11.7. The molecule has 24 heavy (non-hydrogen) atoms. The topological polar surface area (TPSA) is 45.2 Å². The number of carbonyl (C=O) groups excluding carboxylic acids is 1. The van der Waals surface area contributed by atoms with Gasteiger partial charge in [0.2, 0.25) is 0 Å². The van der Waals surface area contributed by atoms with Crippen molar-refractivity contribution in [1.29, 1.82) is 0 Å². The minimum atomic E-state index is -0.0163. The first-order valence-corrected chi connectivity index (χ1v) is 8.70. The number of likely N-dealkylation sites (tertiary alicyclic amines) is 1. The highest BCUT2D eigenvalue weighted by Gasteiger charge is 2.21. The number of nitrogens with one attached hydrogen (secondary N) is 1. The molecule has 1 amide bonds. The number of carbonyl (C=O) groups is 1. The molecule has 1 aromatic carbocycles. The molecule has 1 aromatic heterocycles. The third-order valence-corrected chi connectivity index (χ3v) is 4.57. The summed E-state index contributed by atoms with van der Waals surface area (Å²) < 4.78 is 0. The molecule has 0 aliphatic carbocycles. The monoisotopic (exact) mass is 323 g/mol. The zero-order valence-corrected chi connectivity index (χ0v) is 14.2. The number of hydrogen-bond acceptors (Lipinski definition) is 3. The van der Waals surface area contributed by atoms with Crippen LogP contribution in [0.15, 0.2) is 48.7 Å². The molecule has 0 spiro atoms. The fourth-order valence-electron chi connectivity index (χ4n) is 3.18. The van der Waals surface area contributed by atoms with E-state index < -0.39 is 0 Å². The Morgan fingerprint density at radius 3 is 2.83 bits per heavy atom. The van der Waals surface area contributed by atoms with Crippen LogP contribution in [-0.4, -0.2) is 41.5 Å². The number of pyridine rings is 1. The molecule has 0 bridgehead atoms. The van der Waals surface area contributed by atoms with Crippen LogP contribution >= 0.6 is 0 Å². The Morgan fingerprint density at radius 2 is 2.08 bits per heavy atom. The quantitative estimate of drug-likeness (QED) is 0.920. The minimum Gasteiger partial charge on any atom is -0.348 e. The van der Waals surface area contributed by atoms with Gasteiger partial charge in [-0.3, -0.25) is 9.78 Å². The van der Waals surface area contributed by atoms with Crippen molar-refractivity contribution in [3.05, 3.63) is 65.5 Å². The SMILES string of the molecule is Cc1ccc(C(=O)N[C@@H]2CCCN(CCc3ccccc3)C2)cn1. The molecular weight excluding hydrogens is 298 g/mol. The second kappa shape index (κ2) is 8.06. The first-order valence-electron chi connectivity index (χ1n) is 8.70. The van der Waals surface area contributed by atoms with Crippen LogP contribution in [0.1, 0.15) is 34.5 Å². The molecule has 1 aliphatic rings. The van der Waals surface area contributed by atoms with E-state index in [-0.39, 0.29) is 11.9 Å². The summed E-state index contributed by atoms with van der Waals surface area (Å²) in [6, 6.07) is 14.5. The van der Waals surface area contributed by atoms with E-state index in [2.05, 4.69) is 45.5 Å². The summed E-state index contributed by atoms with van der Waals surface area (Å²) in [7, 11) is 0. The molecule has 4 heteroatoms. The molecule has 0 radical (unpaired) electrons. The highest BCUT2D eigenvalue weighted by atomic mass is 16.1. The van der Waals surface area contributed by atoms with Gasteiger partial charge in [-0.05, 0) is 50.4 Å². The summed E-state index contributed by atoms with van der Waals surface area (Å²) in [6.07, 6.45) is 4.89. The van der Waals surface area contributed by atoms with Crippen LogP contribution in [-0.2, 0) is 6.42 Å². The zero-order valence-electron chi connectivity index (χ0n) is 14.2. The van der Waals surface area contributed by atoms with Crippen molar-refractivity contribution >= 4 is 5.91 Å². The van der Waals surface area contributed by atoms with E-state index in [9.17, 15) is 4.79 Å². The van der Waals surface area contributed by atoms with Gasteiger partial charge in [0.25, 0.3) is 5.91 Å². The van der Waals surface area contributed by atoms with E-state index in [0.29, 0.717) is 5.56 Å². The molecule has 1 aliphatic heterocycles. The Hall–Kier alpha value is -2.20. The van der Waals surface area contributed by atoms with E-state index in [1.54, 1.807) is 6.20 Å². The average molecular weight is 323 g/mol. The van der Waals surface area contributed by atoms with Crippen molar-refractivity contribution in [2.75, 3.05) is 19.6 Å². The molecule has 1 saturated heterocycles. The van der Waals surface area contributed by atoms with E-state index in [1.165, 1.54) is 5.56 Å². The molecule has 3 rings (SSSR count). The fourth-order valence-corrected chi connectivity index (χ4v) is 3.18. The van der Waals surface area contributed by atoms with Crippen LogP contribution in [0.3, 0.4) is 0 Å². The molecule has 1 atom stereocenters. The lowest BCUT2D eigenvalue weighted by Gasteiger charge is -2.33. The predicted molar refractivity (Wildman–Crippen MR) is 96.0 cm³/mol. The third-order valence-electron chi connectivity index (χ3n) is 4.57. The normalized spacial score (nSPS) is 18.3. The standard InChI is InChI=1S/C20H25N3O/c1-16-9-10-18(14-21-16)20(24)22-19-8-5-12-23(15-19)13-11-17-6-3-2-4-7-17/h2-4,6-7,9-10,14,19H,5,8,11-13,15H2,1H3,(H,22,24)/t19-/m1/s1. The smallest absolute Gasteiger partial charge is 0.253 e. The van der Waals surface area contributed by atoms with Crippen molar-refractivity contribution in [1.82, 2.24) is 15.2 Å². The molecule has 4 nitrogen and oxygen atoms in total. The number of rotatable bonds is 5. The van der Waals surface area contributed by atoms with E-state index in [0.717, 1.165) is 44.6 Å². The molecule has 126 valence electrons. The van der Waals surface area contributed by atoms with Crippen molar-refractivity contribution < 1.29 is 4.79 Å². The fraction of sp³-hybridized carbons (Fsp3) is 0.400. The summed E-state index contributed by atoms with van der Waals surface area (Å²) in [4.78, 5) is 19.0. The first kappa shape index (κ1) is 16.7. The number of aryl methyl sites for hydroxylation is 1. The number of amides is 1. The van der Waals surface area contributed by atoms with Crippen LogP contribution < -0.4 is 5.32 Å². The number of benzene rings is 1. The Kier molecular flexibility index (Phi) is 5.59. The molecule has 0 saturated carbocycles. The Bertz CT molecular complexity index is 654. The number of aromatic nitrogens is 1. The van der Waals surface area contributed by atoms with Gasteiger partial charge in [0, 0.05) is 31.0 Å². The third kappa shape index (κ3) is 4.65. The minimum absolute atomic E-state index is 0.0163. The van der Waals surface area contributed by atoms with Gasteiger partial charge >= 0.3 is 0 Å². The number of piperidine rings is 1. The summed E-state index contributed by atoms with van der Waals surface area (Å²) in [5.41, 5.74) is 2.94. The number of hydrogen-bond donors (Lipinski definition) is 1. The lowest BCUT2D eigenvalue weighted by molar-refractivity contribution is 0.0904. The van der Waals surface area contributed by atoms with Gasteiger partial charge < -0.3 is 10.2 Å². The van der Waals surface area contributed by atoms with Gasteiger partial charge in [-0.1, -0.05) is 30.3 Å². The van der Waals surface area contributed by atoms with Gasteiger partial charge in [-0.15, -0.1) is 0 Å². The average Bonchev–Trinajstić information content (AvgIpc) is 2.62.